The predicted octanol–water partition coefficient (Wildman–Crippen LogP) is 8.98. The molecule has 0 atom stereocenters. The molecule has 0 aliphatic heterocycles. The number of unbranched alkanes of at least 4 members (excludes halogenated alkanes) is 3. The number of carboxylic acids is 1. The summed E-state index contributed by atoms with van der Waals surface area (Å²) in [6.45, 7) is 0.741. The van der Waals surface area contributed by atoms with Crippen LogP contribution < -0.4 is 9.47 Å². The molecule has 0 saturated carbocycles. The first-order valence-corrected chi connectivity index (χ1v) is 16.4. The molecule has 0 saturated heterocycles. The Balaban J connectivity index is 1.16. The van der Waals surface area contributed by atoms with Crippen LogP contribution in [0.4, 0.5) is 0 Å². The minimum Gasteiger partial charge on any atom is -0.489 e. The number of benzene rings is 4. The highest BCUT2D eigenvalue weighted by Crippen LogP contribution is 2.30. The Labute approximate surface area is 282 Å². The lowest BCUT2D eigenvalue weighted by atomic mass is 9.96. The number of pyridine rings is 1. The third-order valence-corrected chi connectivity index (χ3v) is 8.19. The van der Waals surface area contributed by atoms with E-state index in [-0.39, 0.29) is 13.0 Å². The standard InChI is InChI=1S/C41H41NO6/c1-46-41(45)36-22-12-11-20-33(36)29-48-38-23-14-21-31(35(38)24-25-40(43)44)17-6-2-3-13-26-47-39-28-34(30-15-7-4-8-16-30)27-37(42-39)32-18-9-5-10-19-32/h4-5,7-12,14-16,18-23,27-28H,2-3,6,13,17,24-26,29H2,1H3,(H,43,44). The van der Waals surface area contributed by atoms with Gasteiger partial charge >= 0.3 is 11.9 Å². The highest BCUT2D eigenvalue weighted by molar-refractivity contribution is 5.90. The normalized spacial score (nSPS) is 10.8. The van der Waals surface area contributed by atoms with E-state index >= 15 is 0 Å². The molecule has 0 fully saturated rings. The summed E-state index contributed by atoms with van der Waals surface area (Å²) in [5.41, 5.74) is 7.25. The molecule has 5 rings (SSSR count). The van der Waals surface area contributed by atoms with Gasteiger partial charge in [-0.05, 0) is 66.1 Å². The zero-order valence-corrected chi connectivity index (χ0v) is 27.3. The second-order valence-electron chi connectivity index (χ2n) is 11.5. The molecule has 246 valence electrons. The van der Waals surface area contributed by atoms with Crippen molar-refractivity contribution in [3.8, 4) is 34.0 Å². The molecule has 48 heavy (non-hydrogen) atoms. The highest BCUT2D eigenvalue weighted by Gasteiger charge is 2.15. The van der Waals surface area contributed by atoms with Crippen molar-refractivity contribution in [3.05, 3.63) is 138 Å². The summed E-state index contributed by atoms with van der Waals surface area (Å²) in [5, 5.41) is 9.41. The smallest absolute Gasteiger partial charge is 0.338 e. The van der Waals surface area contributed by atoms with Crippen LogP contribution in [-0.2, 0) is 29.0 Å². The van der Waals surface area contributed by atoms with Gasteiger partial charge in [0.2, 0.25) is 5.88 Å². The van der Waals surface area contributed by atoms with E-state index in [9.17, 15) is 14.7 Å². The van der Waals surface area contributed by atoms with Gasteiger partial charge < -0.3 is 19.3 Å². The number of ether oxygens (including phenoxy) is 3. The second-order valence-corrected chi connectivity index (χ2v) is 11.5. The zero-order chi connectivity index (χ0) is 33.6. The van der Waals surface area contributed by atoms with Crippen LogP contribution >= 0.6 is 0 Å². The summed E-state index contributed by atoms with van der Waals surface area (Å²) in [7, 11) is 1.35. The van der Waals surface area contributed by atoms with E-state index in [1.165, 1.54) is 7.11 Å². The number of carbonyl (C=O) groups is 2. The quantitative estimate of drug-likeness (QED) is 0.0798. The van der Waals surface area contributed by atoms with E-state index in [0.29, 0.717) is 35.8 Å². The van der Waals surface area contributed by atoms with Crippen LogP contribution in [0.2, 0.25) is 0 Å². The Morgan fingerprint density at radius 2 is 1.35 bits per heavy atom. The second kappa shape index (κ2) is 17.5. The van der Waals surface area contributed by atoms with Crippen LogP contribution in [0, 0.1) is 0 Å². The lowest BCUT2D eigenvalue weighted by Crippen LogP contribution is -2.09. The first-order valence-electron chi connectivity index (χ1n) is 16.4. The minimum absolute atomic E-state index is 0.00888. The number of methoxy groups -OCH3 is 1. The van der Waals surface area contributed by atoms with Gasteiger partial charge in [-0.3, -0.25) is 4.79 Å². The lowest BCUT2D eigenvalue weighted by Gasteiger charge is -2.16. The Hall–Kier alpha value is -5.43. The molecule has 1 N–H and O–H groups in total. The van der Waals surface area contributed by atoms with Gasteiger partial charge in [-0.1, -0.05) is 104 Å². The van der Waals surface area contributed by atoms with Gasteiger partial charge in [0.25, 0.3) is 0 Å². The fourth-order valence-electron chi connectivity index (χ4n) is 5.69. The first-order chi connectivity index (χ1) is 23.5. The summed E-state index contributed by atoms with van der Waals surface area (Å²) >= 11 is 0. The summed E-state index contributed by atoms with van der Waals surface area (Å²) in [6.07, 6.45) is 5.04. The van der Waals surface area contributed by atoms with E-state index < -0.39 is 11.9 Å². The van der Waals surface area contributed by atoms with Crippen LogP contribution in [0.5, 0.6) is 11.6 Å². The Morgan fingerprint density at radius 1 is 0.667 bits per heavy atom. The van der Waals surface area contributed by atoms with Crippen molar-refractivity contribution in [2.24, 2.45) is 0 Å². The molecule has 0 amide bonds. The highest BCUT2D eigenvalue weighted by atomic mass is 16.5. The zero-order valence-electron chi connectivity index (χ0n) is 27.3. The van der Waals surface area contributed by atoms with Crippen LogP contribution in [0.1, 0.15) is 59.2 Å². The average molecular weight is 644 g/mol. The molecular formula is C41H41NO6. The SMILES string of the molecule is COC(=O)c1ccccc1COc1cccc(CCCCCCOc2cc(-c3ccccc3)cc(-c3ccccc3)n2)c1CCC(=O)O. The Kier molecular flexibility index (Phi) is 12.4. The molecule has 7 heteroatoms. The third kappa shape index (κ3) is 9.55. The summed E-state index contributed by atoms with van der Waals surface area (Å²) in [5.74, 6) is -0.0222. The van der Waals surface area contributed by atoms with Crippen LogP contribution in [0.3, 0.4) is 0 Å². The minimum atomic E-state index is -0.855. The molecule has 0 spiro atoms. The lowest BCUT2D eigenvalue weighted by molar-refractivity contribution is -0.136. The van der Waals surface area contributed by atoms with Crippen LogP contribution in [0.25, 0.3) is 22.4 Å². The number of aryl methyl sites for hydroxylation is 1. The van der Waals surface area contributed by atoms with Crippen molar-refractivity contribution < 1.29 is 28.9 Å². The average Bonchev–Trinajstić information content (AvgIpc) is 3.13. The number of esters is 1. The first kappa shape index (κ1) is 33.9. The molecule has 7 nitrogen and oxygen atoms in total. The molecule has 0 aliphatic rings. The van der Waals surface area contributed by atoms with E-state index in [1.807, 2.05) is 72.8 Å². The molecule has 0 aliphatic carbocycles. The number of carbonyl (C=O) groups excluding carboxylic acids is 1. The number of hydrogen-bond acceptors (Lipinski definition) is 6. The number of rotatable bonds is 17. The number of hydrogen-bond donors (Lipinski definition) is 1. The third-order valence-electron chi connectivity index (χ3n) is 8.19. The number of aromatic nitrogens is 1. The van der Waals surface area contributed by atoms with Crippen molar-refractivity contribution in [3.63, 3.8) is 0 Å². The Bertz CT molecular complexity index is 1730. The maximum atomic E-state index is 12.2. The number of carboxylic acid groups (broad SMARTS) is 1. The van der Waals surface area contributed by atoms with Gasteiger partial charge in [-0.15, -0.1) is 0 Å². The van der Waals surface area contributed by atoms with Crippen molar-refractivity contribution >= 4 is 11.9 Å². The van der Waals surface area contributed by atoms with E-state index in [2.05, 4.69) is 30.3 Å². The molecule has 4 aromatic carbocycles. The molecule has 0 unspecified atom stereocenters. The number of aliphatic carboxylic acids is 1. The molecule has 1 aromatic heterocycles. The van der Waals surface area contributed by atoms with Gasteiger partial charge in [-0.2, -0.15) is 0 Å². The van der Waals surface area contributed by atoms with Crippen molar-refractivity contribution in [2.45, 2.75) is 51.6 Å². The van der Waals surface area contributed by atoms with Gasteiger partial charge in [-0.25, -0.2) is 9.78 Å². The van der Waals surface area contributed by atoms with Crippen molar-refractivity contribution in [2.75, 3.05) is 13.7 Å². The van der Waals surface area contributed by atoms with Crippen molar-refractivity contribution in [1.29, 1.82) is 0 Å². The fraction of sp³-hybridized carbons (Fsp3) is 0.244. The van der Waals surface area contributed by atoms with Gasteiger partial charge in [0.15, 0.2) is 0 Å². The topological polar surface area (TPSA) is 95.0 Å². The molecule has 1 heterocycles. The van der Waals surface area contributed by atoms with Gasteiger partial charge in [0.1, 0.15) is 12.4 Å². The van der Waals surface area contributed by atoms with E-state index in [1.54, 1.807) is 12.1 Å². The van der Waals surface area contributed by atoms with E-state index in [4.69, 9.17) is 19.2 Å². The van der Waals surface area contributed by atoms with Gasteiger partial charge in [0.05, 0.1) is 25.0 Å². The van der Waals surface area contributed by atoms with E-state index in [0.717, 1.165) is 65.6 Å². The molecule has 0 radical (unpaired) electrons. The monoisotopic (exact) mass is 643 g/mol. The molecule has 0 bridgehead atoms. The van der Waals surface area contributed by atoms with Crippen LogP contribution in [-0.4, -0.2) is 35.7 Å². The Morgan fingerprint density at radius 3 is 2.10 bits per heavy atom. The maximum Gasteiger partial charge on any atom is 0.338 e. The van der Waals surface area contributed by atoms with Gasteiger partial charge in [0, 0.05) is 23.6 Å². The largest absolute Gasteiger partial charge is 0.489 e. The van der Waals surface area contributed by atoms with Crippen LogP contribution in [0.15, 0.2) is 115 Å². The predicted molar refractivity (Wildman–Crippen MR) is 187 cm³/mol. The fourth-order valence-corrected chi connectivity index (χ4v) is 5.69. The maximum absolute atomic E-state index is 12.2. The summed E-state index contributed by atoms with van der Waals surface area (Å²) < 4.78 is 17.3. The molecular weight excluding hydrogens is 602 g/mol. The summed E-state index contributed by atoms with van der Waals surface area (Å²) in [4.78, 5) is 28.5. The van der Waals surface area contributed by atoms with Crippen molar-refractivity contribution in [1.82, 2.24) is 4.98 Å². The summed E-state index contributed by atoms with van der Waals surface area (Å²) in [6, 6.07) is 37.5. The number of nitrogens with zero attached hydrogens (tertiary/aromatic N) is 1. The molecule has 5 aromatic rings.